The van der Waals surface area contributed by atoms with E-state index >= 15 is 0 Å². The normalized spacial score (nSPS) is 15.9. The summed E-state index contributed by atoms with van der Waals surface area (Å²) in [6.45, 7) is 5.89. The van der Waals surface area contributed by atoms with Crippen LogP contribution in [0.5, 0.6) is 17.2 Å². The van der Waals surface area contributed by atoms with E-state index in [1.807, 2.05) is 6.92 Å². The van der Waals surface area contributed by atoms with E-state index < -0.39 is 0 Å². The summed E-state index contributed by atoms with van der Waals surface area (Å²) in [5, 5.41) is 0.883. The lowest BCUT2D eigenvalue weighted by atomic mass is 10.0. The molecule has 0 unspecified atom stereocenters. The van der Waals surface area contributed by atoms with Crippen molar-refractivity contribution < 1.29 is 18.6 Å². The standard InChI is InChI=1S/C20H18O5/c1-10(2)14-8-12-15(24-14)9-16(23-4)17-18(21)11-6-5-7-13(22-3)19(11)25-20(12)17/h5-7,9,14H,1,8H2,2-4H3/t14-/m1/s1. The molecule has 3 aromatic rings. The molecule has 0 saturated heterocycles. The topological polar surface area (TPSA) is 57.9 Å². The molecule has 1 aliphatic rings. The highest BCUT2D eigenvalue weighted by Gasteiger charge is 2.30. The summed E-state index contributed by atoms with van der Waals surface area (Å²) in [6, 6.07) is 7.02. The van der Waals surface area contributed by atoms with E-state index in [1.165, 1.54) is 7.11 Å². The smallest absolute Gasteiger partial charge is 0.204 e. The van der Waals surface area contributed by atoms with E-state index in [9.17, 15) is 4.79 Å². The van der Waals surface area contributed by atoms with Crippen molar-refractivity contribution in [1.29, 1.82) is 0 Å². The van der Waals surface area contributed by atoms with E-state index in [-0.39, 0.29) is 11.5 Å². The monoisotopic (exact) mass is 338 g/mol. The molecule has 5 nitrogen and oxygen atoms in total. The third kappa shape index (κ3) is 2.19. The van der Waals surface area contributed by atoms with Crippen molar-refractivity contribution in [3.63, 3.8) is 0 Å². The van der Waals surface area contributed by atoms with Gasteiger partial charge < -0.3 is 18.6 Å². The molecule has 0 radical (unpaired) electrons. The van der Waals surface area contributed by atoms with Gasteiger partial charge >= 0.3 is 0 Å². The lowest BCUT2D eigenvalue weighted by molar-refractivity contribution is 0.270. The van der Waals surface area contributed by atoms with Crippen LogP contribution in [0.1, 0.15) is 12.5 Å². The second-order valence-corrected chi connectivity index (χ2v) is 6.18. The van der Waals surface area contributed by atoms with Gasteiger partial charge in [-0.05, 0) is 24.6 Å². The Hall–Kier alpha value is -2.95. The van der Waals surface area contributed by atoms with Crippen molar-refractivity contribution in [3.05, 3.63) is 52.2 Å². The summed E-state index contributed by atoms with van der Waals surface area (Å²) in [7, 11) is 3.08. The Labute approximate surface area is 144 Å². The molecule has 1 aromatic heterocycles. The van der Waals surface area contributed by atoms with E-state index in [0.717, 1.165) is 11.1 Å². The molecule has 2 aromatic carbocycles. The number of ether oxygens (including phenoxy) is 3. The predicted octanol–water partition coefficient (Wildman–Crippen LogP) is 3.84. The molecule has 128 valence electrons. The molecule has 0 N–H and O–H groups in total. The molecule has 2 heterocycles. The van der Waals surface area contributed by atoms with Crippen LogP contribution in [0.3, 0.4) is 0 Å². The Balaban J connectivity index is 2.14. The summed E-state index contributed by atoms with van der Waals surface area (Å²) in [5.41, 5.74) is 2.54. The van der Waals surface area contributed by atoms with Gasteiger partial charge in [0.1, 0.15) is 28.6 Å². The van der Waals surface area contributed by atoms with Crippen molar-refractivity contribution in [2.24, 2.45) is 0 Å². The summed E-state index contributed by atoms with van der Waals surface area (Å²) >= 11 is 0. The maximum atomic E-state index is 13.1. The second kappa shape index (κ2) is 5.55. The van der Waals surface area contributed by atoms with Crippen LogP contribution in [0.4, 0.5) is 0 Å². The zero-order valence-corrected chi connectivity index (χ0v) is 14.3. The van der Waals surface area contributed by atoms with Gasteiger partial charge in [-0.2, -0.15) is 0 Å². The van der Waals surface area contributed by atoms with Gasteiger partial charge in [-0.25, -0.2) is 0 Å². The van der Waals surface area contributed by atoms with Crippen LogP contribution in [-0.2, 0) is 6.42 Å². The molecule has 0 spiro atoms. The van der Waals surface area contributed by atoms with Crippen LogP contribution in [0.25, 0.3) is 21.9 Å². The Morgan fingerprint density at radius 3 is 2.64 bits per heavy atom. The zero-order valence-electron chi connectivity index (χ0n) is 14.3. The predicted molar refractivity (Wildman–Crippen MR) is 96.0 cm³/mol. The van der Waals surface area contributed by atoms with E-state index in [4.69, 9.17) is 18.6 Å². The number of fused-ring (bicyclic) bond motifs is 4. The number of para-hydroxylation sites is 1. The number of hydrogen-bond acceptors (Lipinski definition) is 5. The first-order chi connectivity index (χ1) is 12.0. The van der Waals surface area contributed by atoms with E-state index in [2.05, 4.69) is 6.58 Å². The summed E-state index contributed by atoms with van der Waals surface area (Å²) < 4.78 is 22.9. The minimum Gasteiger partial charge on any atom is -0.496 e. The van der Waals surface area contributed by atoms with Crippen LogP contribution < -0.4 is 19.6 Å². The van der Waals surface area contributed by atoms with Gasteiger partial charge in [-0.3, -0.25) is 4.79 Å². The largest absolute Gasteiger partial charge is 0.496 e. The fourth-order valence-electron chi connectivity index (χ4n) is 3.29. The summed E-state index contributed by atoms with van der Waals surface area (Å²) in [6.07, 6.45) is 0.471. The lowest BCUT2D eigenvalue weighted by Crippen LogP contribution is -2.13. The van der Waals surface area contributed by atoms with Crippen molar-refractivity contribution >= 4 is 21.9 Å². The average Bonchev–Trinajstić information content (AvgIpc) is 3.05. The molecule has 0 aliphatic carbocycles. The average molecular weight is 338 g/mol. The zero-order chi connectivity index (χ0) is 17.7. The number of benzene rings is 2. The summed E-state index contributed by atoms with van der Waals surface area (Å²) in [5.74, 6) is 1.62. The first kappa shape index (κ1) is 15.6. The third-order valence-electron chi connectivity index (χ3n) is 4.61. The van der Waals surface area contributed by atoms with Crippen LogP contribution in [0.2, 0.25) is 0 Å². The molecule has 0 fully saturated rings. The molecule has 5 heteroatoms. The van der Waals surface area contributed by atoms with Gasteiger partial charge in [0.2, 0.25) is 5.43 Å². The van der Waals surface area contributed by atoms with Gasteiger partial charge in [0.15, 0.2) is 11.3 Å². The molecule has 0 saturated carbocycles. The number of hydrogen-bond donors (Lipinski definition) is 0. The lowest BCUT2D eigenvalue weighted by Gasteiger charge is -2.11. The van der Waals surface area contributed by atoms with Gasteiger partial charge in [0, 0.05) is 18.1 Å². The van der Waals surface area contributed by atoms with E-state index in [0.29, 0.717) is 45.6 Å². The van der Waals surface area contributed by atoms with Gasteiger partial charge in [-0.15, -0.1) is 0 Å². The first-order valence-corrected chi connectivity index (χ1v) is 8.00. The summed E-state index contributed by atoms with van der Waals surface area (Å²) in [4.78, 5) is 13.1. The van der Waals surface area contributed by atoms with Crippen LogP contribution in [0, 0.1) is 0 Å². The highest BCUT2D eigenvalue weighted by molar-refractivity contribution is 5.97. The Morgan fingerprint density at radius 1 is 1.20 bits per heavy atom. The highest BCUT2D eigenvalue weighted by atomic mass is 16.5. The SMILES string of the molecule is C=C(C)[C@H]1Cc2c(cc(OC)c3c(=O)c4cccc(OC)c4oc23)O1. The highest BCUT2D eigenvalue weighted by Crippen LogP contribution is 2.42. The Kier molecular flexibility index (Phi) is 3.46. The van der Waals surface area contributed by atoms with Gasteiger partial charge in [0.25, 0.3) is 0 Å². The Morgan fingerprint density at radius 2 is 1.96 bits per heavy atom. The molecule has 0 bridgehead atoms. The fraction of sp³-hybridized carbons (Fsp3) is 0.250. The number of rotatable bonds is 3. The third-order valence-corrected chi connectivity index (χ3v) is 4.61. The van der Waals surface area contributed by atoms with E-state index in [1.54, 1.807) is 31.4 Å². The fourth-order valence-corrected chi connectivity index (χ4v) is 3.29. The van der Waals surface area contributed by atoms with Crippen molar-refractivity contribution in [1.82, 2.24) is 0 Å². The maximum absolute atomic E-state index is 13.1. The minimum absolute atomic E-state index is 0.135. The Bertz CT molecular complexity index is 1080. The molecule has 1 atom stereocenters. The molecular formula is C20H18O5. The van der Waals surface area contributed by atoms with Gasteiger partial charge in [-0.1, -0.05) is 12.6 Å². The maximum Gasteiger partial charge on any atom is 0.204 e. The van der Waals surface area contributed by atoms with Crippen molar-refractivity contribution in [2.45, 2.75) is 19.4 Å². The molecule has 4 rings (SSSR count). The van der Waals surface area contributed by atoms with Gasteiger partial charge in [0.05, 0.1) is 19.6 Å². The molecular weight excluding hydrogens is 320 g/mol. The second-order valence-electron chi connectivity index (χ2n) is 6.18. The number of methoxy groups -OCH3 is 2. The molecule has 1 aliphatic heterocycles. The van der Waals surface area contributed by atoms with Crippen LogP contribution >= 0.6 is 0 Å². The first-order valence-electron chi connectivity index (χ1n) is 8.00. The van der Waals surface area contributed by atoms with Crippen LogP contribution in [0.15, 0.2) is 45.6 Å². The van der Waals surface area contributed by atoms with Crippen molar-refractivity contribution in [3.8, 4) is 17.2 Å². The quantitative estimate of drug-likeness (QED) is 0.536. The molecule has 25 heavy (non-hydrogen) atoms. The van der Waals surface area contributed by atoms with Crippen LogP contribution in [-0.4, -0.2) is 20.3 Å². The van der Waals surface area contributed by atoms with Crippen molar-refractivity contribution in [2.75, 3.05) is 14.2 Å². The minimum atomic E-state index is -0.145. The molecule has 0 amide bonds.